The van der Waals surface area contributed by atoms with E-state index in [0.717, 1.165) is 12.1 Å². The van der Waals surface area contributed by atoms with Gasteiger partial charge in [-0.2, -0.15) is 13.2 Å². The number of hydrogen-bond acceptors (Lipinski definition) is 5. The Morgan fingerprint density at radius 3 is 2.58 bits per heavy atom. The summed E-state index contributed by atoms with van der Waals surface area (Å²) >= 11 is 0. The Morgan fingerprint density at radius 2 is 2.03 bits per heavy atom. The molecule has 0 saturated heterocycles. The van der Waals surface area contributed by atoms with E-state index in [2.05, 4.69) is 15.3 Å². The number of hydrogen-bond donors (Lipinski definition) is 3. The van der Waals surface area contributed by atoms with E-state index < -0.39 is 36.3 Å². The van der Waals surface area contributed by atoms with Crippen LogP contribution in [0.1, 0.15) is 23.2 Å². The number of anilines is 1. The number of halogens is 4. The quantitative estimate of drug-likeness (QED) is 0.621. The monoisotopic (exact) mass is 440 g/mol. The number of amides is 2. The van der Waals surface area contributed by atoms with Crippen LogP contribution in [0.3, 0.4) is 0 Å². The lowest BCUT2D eigenvalue weighted by atomic mass is 10.0. The summed E-state index contributed by atoms with van der Waals surface area (Å²) in [4.78, 5) is 21.4. The van der Waals surface area contributed by atoms with Crippen molar-refractivity contribution in [2.24, 2.45) is 0 Å². The highest BCUT2D eigenvalue weighted by Crippen LogP contribution is 2.29. The van der Waals surface area contributed by atoms with Crippen molar-refractivity contribution in [3.63, 3.8) is 0 Å². The minimum atomic E-state index is -4.51. The van der Waals surface area contributed by atoms with Crippen LogP contribution in [-0.4, -0.2) is 56.9 Å². The lowest BCUT2D eigenvalue weighted by Crippen LogP contribution is -2.38. The fourth-order valence-corrected chi connectivity index (χ4v) is 3.05. The van der Waals surface area contributed by atoms with Crippen molar-refractivity contribution >= 4 is 17.4 Å². The summed E-state index contributed by atoms with van der Waals surface area (Å²) in [5, 5.41) is 20.8. The maximum Gasteiger partial charge on any atom is 0.417 e. The zero-order chi connectivity index (χ0) is 22.6. The van der Waals surface area contributed by atoms with Crippen molar-refractivity contribution in [3.8, 4) is 0 Å². The fourth-order valence-electron chi connectivity index (χ4n) is 3.05. The van der Waals surface area contributed by atoms with Gasteiger partial charge in [-0.05, 0) is 35.8 Å². The van der Waals surface area contributed by atoms with Gasteiger partial charge in [0.05, 0.1) is 18.3 Å². The van der Waals surface area contributed by atoms with E-state index in [0.29, 0.717) is 23.8 Å². The van der Waals surface area contributed by atoms with E-state index in [1.165, 1.54) is 17.2 Å². The number of aliphatic hydroxyl groups is 2. The molecule has 11 heteroatoms. The molecule has 0 saturated carbocycles. The van der Waals surface area contributed by atoms with Gasteiger partial charge in [0, 0.05) is 31.9 Å². The molecule has 3 heterocycles. The van der Waals surface area contributed by atoms with E-state index in [4.69, 9.17) is 5.11 Å². The summed E-state index contributed by atoms with van der Waals surface area (Å²) < 4.78 is 52.2. The van der Waals surface area contributed by atoms with Crippen LogP contribution >= 0.6 is 0 Å². The SMILES string of the molecule is O=C(Nc1ccc(C(F)(F)F)cn1)N1CC=C(c2ncc(C[C@@H](O)CO)cc2F)CC1. The Balaban J connectivity index is 1.61. The molecule has 31 heavy (non-hydrogen) atoms. The van der Waals surface area contributed by atoms with Crippen molar-refractivity contribution in [1.82, 2.24) is 14.9 Å². The summed E-state index contributed by atoms with van der Waals surface area (Å²) in [6.45, 7) is -0.0211. The fraction of sp³-hybridized carbons (Fsp3) is 0.350. The molecule has 3 rings (SSSR count). The average Bonchev–Trinajstić information content (AvgIpc) is 2.73. The number of carbonyl (C=O) groups is 1. The molecule has 0 radical (unpaired) electrons. The van der Waals surface area contributed by atoms with Crippen molar-refractivity contribution in [3.05, 3.63) is 59.3 Å². The lowest BCUT2D eigenvalue weighted by Gasteiger charge is -2.26. The average molecular weight is 440 g/mol. The van der Waals surface area contributed by atoms with Crippen LogP contribution in [-0.2, 0) is 12.6 Å². The van der Waals surface area contributed by atoms with Gasteiger partial charge in [-0.25, -0.2) is 14.2 Å². The van der Waals surface area contributed by atoms with Crippen LogP contribution < -0.4 is 5.32 Å². The zero-order valence-electron chi connectivity index (χ0n) is 16.2. The molecule has 0 aliphatic carbocycles. The second-order valence-corrected chi connectivity index (χ2v) is 7.00. The molecule has 0 spiro atoms. The number of nitrogens with one attached hydrogen (secondary N) is 1. The molecule has 2 aromatic heterocycles. The minimum Gasteiger partial charge on any atom is -0.394 e. The molecule has 0 unspecified atom stereocenters. The van der Waals surface area contributed by atoms with Gasteiger partial charge < -0.3 is 15.1 Å². The smallest absolute Gasteiger partial charge is 0.394 e. The molecule has 0 aromatic carbocycles. The molecule has 1 aliphatic heterocycles. The topological polar surface area (TPSA) is 98.6 Å². The third kappa shape index (κ3) is 5.76. The minimum absolute atomic E-state index is 0.0128. The molecule has 0 bridgehead atoms. The Bertz CT molecular complexity index is 964. The molecule has 7 nitrogen and oxygen atoms in total. The molecule has 0 fully saturated rings. The van der Waals surface area contributed by atoms with Gasteiger partial charge in [0.15, 0.2) is 0 Å². The number of rotatable bonds is 5. The third-order valence-corrected chi connectivity index (χ3v) is 4.71. The van der Waals surface area contributed by atoms with E-state index in [1.54, 1.807) is 6.08 Å². The molecular weight excluding hydrogens is 420 g/mol. The highest BCUT2D eigenvalue weighted by atomic mass is 19.4. The molecule has 1 aliphatic rings. The van der Waals surface area contributed by atoms with Crippen molar-refractivity contribution in [2.75, 3.05) is 25.0 Å². The first-order valence-electron chi connectivity index (χ1n) is 9.39. The summed E-state index contributed by atoms with van der Waals surface area (Å²) in [5.74, 6) is -0.582. The number of urea groups is 1. The standard InChI is InChI=1S/C20H20F4N4O3/c21-16-8-12(7-15(30)11-29)9-26-18(16)13-3-5-28(6-4-13)19(31)27-17-2-1-14(10-25-17)20(22,23)24/h1-3,8-10,15,29-30H,4-7,11H2,(H,25,27,31)/t15-/m1/s1. The van der Waals surface area contributed by atoms with Crippen molar-refractivity contribution in [1.29, 1.82) is 0 Å². The van der Waals surface area contributed by atoms with Crippen LogP contribution in [0.15, 0.2) is 36.7 Å². The molecule has 1 atom stereocenters. The number of alkyl halides is 3. The number of nitrogens with zero attached hydrogens (tertiary/aromatic N) is 3. The number of aliphatic hydroxyl groups excluding tert-OH is 2. The Labute approximate surface area is 175 Å². The van der Waals surface area contributed by atoms with Crippen molar-refractivity contribution < 1.29 is 32.6 Å². The molecular formula is C20H20F4N4O3. The molecule has 2 aromatic rings. The third-order valence-electron chi connectivity index (χ3n) is 4.71. The predicted molar refractivity (Wildman–Crippen MR) is 103 cm³/mol. The van der Waals surface area contributed by atoms with Gasteiger partial charge in [0.1, 0.15) is 17.3 Å². The van der Waals surface area contributed by atoms with Gasteiger partial charge in [0.2, 0.25) is 0 Å². The highest BCUT2D eigenvalue weighted by molar-refractivity contribution is 5.89. The summed E-state index contributed by atoms with van der Waals surface area (Å²) in [6.07, 6.45) is -1.38. The van der Waals surface area contributed by atoms with Gasteiger partial charge >= 0.3 is 12.2 Å². The van der Waals surface area contributed by atoms with Gasteiger partial charge in [-0.1, -0.05) is 6.08 Å². The Morgan fingerprint density at radius 1 is 1.26 bits per heavy atom. The van der Waals surface area contributed by atoms with Crippen LogP contribution in [0, 0.1) is 5.82 Å². The van der Waals surface area contributed by atoms with Crippen LogP contribution in [0.25, 0.3) is 5.57 Å². The number of pyridine rings is 2. The zero-order valence-corrected chi connectivity index (χ0v) is 16.2. The Hall–Kier alpha value is -3.05. The number of aromatic nitrogens is 2. The Kier molecular flexibility index (Phi) is 6.86. The van der Waals surface area contributed by atoms with Gasteiger partial charge in [-0.3, -0.25) is 10.3 Å². The van der Waals surface area contributed by atoms with Crippen LogP contribution in [0.4, 0.5) is 28.2 Å². The van der Waals surface area contributed by atoms with Gasteiger partial charge in [0.25, 0.3) is 0 Å². The maximum atomic E-state index is 14.4. The second kappa shape index (κ2) is 9.40. The van der Waals surface area contributed by atoms with E-state index in [9.17, 15) is 27.5 Å². The first kappa shape index (κ1) is 22.6. The first-order valence-corrected chi connectivity index (χ1v) is 9.39. The van der Waals surface area contributed by atoms with Crippen molar-refractivity contribution in [2.45, 2.75) is 25.1 Å². The summed E-state index contributed by atoms with van der Waals surface area (Å²) in [6, 6.07) is 2.61. The van der Waals surface area contributed by atoms with Crippen LogP contribution in [0.5, 0.6) is 0 Å². The first-order chi connectivity index (χ1) is 14.7. The largest absolute Gasteiger partial charge is 0.417 e. The summed E-state index contributed by atoms with van der Waals surface area (Å²) in [7, 11) is 0. The summed E-state index contributed by atoms with van der Waals surface area (Å²) in [5.41, 5.74) is 0.293. The molecule has 166 valence electrons. The molecule has 3 N–H and O–H groups in total. The van der Waals surface area contributed by atoms with Crippen LogP contribution in [0.2, 0.25) is 0 Å². The van der Waals surface area contributed by atoms with E-state index >= 15 is 0 Å². The van der Waals surface area contributed by atoms with Gasteiger partial charge in [-0.15, -0.1) is 0 Å². The lowest BCUT2D eigenvalue weighted by molar-refractivity contribution is -0.137. The second-order valence-electron chi connectivity index (χ2n) is 7.00. The van der Waals surface area contributed by atoms with E-state index in [-0.39, 0.29) is 31.0 Å². The number of carbonyl (C=O) groups excluding carboxylic acids is 1. The molecule has 2 amide bonds. The normalized spacial score (nSPS) is 15.4. The predicted octanol–water partition coefficient (Wildman–Crippen LogP) is 2.85. The maximum absolute atomic E-state index is 14.4. The van der Waals surface area contributed by atoms with E-state index in [1.807, 2.05) is 0 Å². The highest BCUT2D eigenvalue weighted by Gasteiger charge is 2.30.